The zero-order valence-corrected chi connectivity index (χ0v) is 17.8. The Morgan fingerprint density at radius 3 is 2.90 bits per heavy atom. The molecule has 30 heavy (non-hydrogen) atoms. The summed E-state index contributed by atoms with van der Waals surface area (Å²) in [7, 11) is 0. The number of benzene rings is 1. The van der Waals surface area contributed by atoms with E-state index in [1.54, 1.807) is 19.2 Å². The topological polar surface area (TPSA) is 68.3 Å². The normalized spacial score (nSPS) is 15.1. The number of hydrogen-bond donors (Lipinski definition) is 1. The molecule has 4 rings (SSSR count). The van der Waals surface area contributed by atoms with Gasteiger partial charge in [0.2, 0.25) is 5.91 Å². The van der Waals surface area contributed by atoms with Crippen molar-refractivity contribution in [3.05, 3.63) is 75.9 Å². The first kappa shape index (κ1) is 20.3. The number of nitrogens with one attached hydrogen (secondary N) is 1. The number of fused-ring (bicyclic) bond motifs is 1. The molecule has 1 aliphatic heterocycles. The summed E-state index contributed by atoms with van der Waals surface area (Å²) in [4.78, 5) is 29.5. The lowest BCUT2D eigenvalue weighted by molar-refractivity contribution is -0.116. The molecule has 3 aromatic rings. The Labute approximate surface area is 183 Å². The molecular formula is C23H19ClN2O3S. The third-order valence-corrected chi connectivity index (χ3v) is 6.20. The lowest BCUT2D eigenvalue weighted by Gasteiger charge is -2.11. The second kappa shape index (κ2) is 8.81. The Balaban J connectivity index is 1.39. The number of thiophene rings is 1. The standard InChI is InChI=1S/C23H19ClN2O3S/c1-14(27)20-6-7-21(30-20)15-10-16-11-18(29-23(16)19(24)12-15)13-26-22(28)8-5-17-4-2-3-9-25-17/h2-10,12,18H,11,13H2,1H3,(H,26,28)/b8-5+/t18-/m0/s1. The molecule has 5 nitrogen and oxygen atoms in total. The largest absolute Gasteiger partial charge is 0.486 e. The highest BCUT2D eigenvalue weighted by Crippen LogP contribution is 2.41. The molecule has 0 saturated carbocycles. The zero-order chi connectivity index (χ0) is 21.1. The molecule has 0 aliphatic carbocycles. The lowest BCUT2D eigenvalue weighted by Crippen LogP contribution is -2.33. The minimum absolute atomic E-state index is 0.0507. The van der Waals surface area contributed by atoms with Crippen LogP contribution in [0.2, 0.25) is 5.02 Å². The lowest BCUT2D eigenvalue weighted by atomic mass is 10.1. The fourth-order valence-corrected chi connectivity index (χ4v) is 4.41. The molecule has 0 bridgehead atoms. The van der Waals surface area contributed by atoms with E-state index in [0.717, 1.165) is 26.6 Å². The van der Waals surface area contributed by atoms with Crippen molar-refractivity contribution in [1.82, 2.24) is 10.3 Å². The number of nitrogens with zero attached hydrogens (tertiary/aromatic N) is 1. The summed E-state index contributed by atoms with van der Waals surface area (Å²) in [6, 6.07) is 13.2. The number of halogens is 1. The first-order chi connectivity index (χ1) is 14.5. The second-order valence-electron chi connectivity index (χ2n) is 6.94. The summed E-state index contributed by atoms with van der Waals surface area (Å²) in [5.41, 5.74) is 2.68. The Bertz CT molecular complexity index is 1120. The van der Waals surface area contributed by atoms with Crippen LogP contribution < -0.4 is 10.1 Å². The van der Waals surface area contributed by atoms with Gasteiger partial charge in [-0.15, -0.1) is 11.3 Å². The zero-order valence-electron chi connectivity index (χ0n) is 16.2. The maximum Gasteiger partial charge on any atom is 0.244 e. The highest BCUT2D eigenvalue weighted by Gasteiger charge is 2.26. The van der Waals surface area contributed by atoms with E-state index in [4.69, 9.17) is 16.3 Å². The molecule has 0 radical (unpaired) electrons. The van der Waals surface area contributed by atoms with Gasteiger partial charge in [0.05, 0.1) is 22.1 Å². The van der Waals surface area contributed by atoms with E-state index in [0.29, 0.717) is 23.7 Å². The molecule has 3 heterocycles. The van der Waals surface area contributed by atoms with Crippen molar-refractivity contribution in [3.63, 3.8) is 0 Å². The van der Waals surface area contributed by atoms with Crippen LogP contribution >= 0.6 is 22.9 Å². The summed E-state index contributed by atoms with van der Waals surface area (Å²) in [6.45, 7) is 1.93. The molecule has 152 valence electrons. The number of ketones is 1. The van der Waals surface area contributed by atoms with Gasteiger partial charge >= 0.3 is 0 Å². The predicted octanol–water partition coefficient (Wildman–Crippen LogP) is 4.80. The predicted molar refractivity (Wildman–Crippen MR) is 119 cm³/mol. The Morgan fingerprint density at radius 1 is 1.30 bits per heavy atom. The van der Waals surface area contributed by atoms with E-state index in [1.807, 2.05) is 42.5 Å². The Hall–Kier alpha value is -2.96. The third kappa shape index (κ3) is 4.61. The molecule has 1 N–H and O–H groups in total. The Kier molecular flexibility index (Phi) is 5.97. The van der Waals surface area contributed by atoms with Crippen molar-refractivity contribution in [3.8, 4) is 16.2 Å². The molecule has 2 aromatic heterocycles. The van der Waals surface area contributed by atoms with E-state index in [-0.39, 0.29) is 17.8 Å². The number of pyridine rings is 1. The summed E-state index contributed by atoms with van der Waals surface area (Å²) >= 11 is 7.89. The number of hydrogen-bond acceptors (Lipinski definition) is 5. The van der Waals surface area contributed by atoms with Crippen LogP contribution in [0, 0.1) is 0 Å². The molecule has 0 fully saturated rings. The summed E-state index contributed by atoms with van der Waals surface area (Å²) in [6.07, 6.45) is 5.27. The highest BCUT2D eigenvalue weighted by molar-refractivity contribution is 7.17. The molecule has 1 aliphatic rings. The number of Topliss-reactive ketones (excluding diaryl/α,β-unsaturated/α-hetero) is 1. The van der Waals surface area contributed by atoms with Crippen molar-refractivity contribution >= 4 is 40.7 Å². The average molecular weight is 439 g/mol. The van der Waals surface area contributed by atoms with Gasteiger partial charge in [-0.2, -0.15) is 0 Å². The average Bonchev–Trinajstić information content (AvgIpc) is 3.39. The fraction of sp³-hybridized carbons (Fsp3) is 0.174. The Morgan fingerprint density at radius 2 is 2.17 bits per heavy atom. The maximum absolute atomic E-state index is 12.1. The smallest absolute Gasteiger partial charge is 0.244 e. The number of rotatable bonds is 6. The van der Waals surface area contributed by atoms with E-state index in [2.05, 4.69) is 10.3 Å². The van der Waals surface area contributed by atoms with Gasteiger partial charge in [0.1, 0.15) is 11.9 Å². The SMILES string of the molecule is CC(=O)c1ccc(-c2cc(Cl)c3c(c2)C[C@@H](CNC(=O)/C=C/c2ccccn2)O3)s1. The number of aromatic nitrogens is 1. The van der Waals surface area contributed by atoms with Gasteiger partial charge in [-0.1, -0.05) is 17.7 Å². The van der Waals surface area contributed by atoms with Gasteiger partial charge < -0.3 is 10.1 Å². The second-order valence-corrected chi connectivity index (χ2v) is 8.43. The van der Waals surface area contributed by atoms with Crippen LogP contribution in [0.4, 0.5) is 0 Å². The van der Waals surface area contributed by atoms with Crippen LogP contribution in [0.25, 0.3) is 16.5 Å². The number of ether oxygens (including phenoxy) is 1. The molecule has 0 unspecified atom stereocenters. The van der Waals surface area contributed by atoms with E-state index >= 15 is 0 Å². The van der Waals surface area contributed by atoms with E-state index < -0.39 is 0 Å². The summed E-state index contributed by atoms with van der Waals surface area (Å²) < 4.78 is 5.95. The van der Waals surface area contributed by atoms with Crippen molar-refractivity contribution in [2.45, 2.75) is 19.4 Å². The molecule has 1 atom stereocenters. The molecule has 0 spiro atoms. The molecule has 1 aromatic carbocycles. The van der Waals surface area contributed by atoms with E-state index in [1.165, 1.54) is 17.4 Å². The molecular weight excluding hydrogens is 420 g/mol. The van der Waals surface area contributed by atoms with Crippen LogP contribution in [-0.2, 0) is 11.2 Å². The van der Waals surface area contributed by atoms with Crippen molar-refractivity contribution in [2.75, 3.05) is 6.54 Å². The molecule has 0 saturated heterocycles. The van der Waals surface area contributed by atoms with Gasteiger partial charge in [0.25, 0.3) is 0 Å². The fourth-order valence-electron chi connectivity index (χ4n) is 3.23. The van der Waals surface area contributed by atoms with Crippen LogP contribution in [0.3, 0.4) is 0 Å². The van der Waals surface area contributed by atoms with Crippen molar-refractivity contribution < 1.29 is 14.3 Å². The monoisotopic (exact) mass is 438 g/mol. The quantitative estimate of drug-likeness (QED) is 0.443. The summed E-state index contributed by atoms with van der Waals surface area (Å²) in [5.74, 6) is 0.504. The minimum Gasteiger partial charge on any atom is -0.486 e. The van der Waals surface area contributed by atoms with Crippen LogP contribution in [-0.4, -0.2) is 29.3 Å². The van der Waals surface area contributed by atoms with Crippen molar-refractivity contribution in [1.29, 1.82) is 0 Å². The number of amides is 1. The van der Waals surface area contributed by atoms with Gasteiger partial charge in [-0.25, -0.2) is 0 Å². The number of carbonyl (C=O) groups excluding carboxylic acids is 2. The molecule has 1 amide bonds. The maximum atomic E-state index is 12.1. The van der Waals surface area contributed by atoms with Crippen LogP contribution in [0.5, 0.6) is 5.75 Å². The minimum atomic E-state index is -0.206. The first-order valence-corrected chi connectivity index (χ1v) is 10.7. The highest BCUT2D eigenvalue weighted by atomic mass is 35.5. The number of carbonyl (C=O) groups is 2. The third-order valence-electron chi connectivity index (χ3n) is 4.69. The van der Waals surface area contributed by atoms with Gasteiger partial charge in [-0.3, -0.25) is 14.6 Å². The van der Waals surface area contributed by atoms with Crippen LogP contribution in [0.15, 0.2) is 54.7 Å². The molecule has 7 heteroatoms. The van der Waals surface area contributed by atoms with Gasteiger partial charge in [-0.05, 0) is 55.0 Å². The first-order valence-electron chi connectivity index (χ1n) is 9.47. The van der Waals surface area contributed by atoms with Crippen molar-refractivity contribution in [2.24, 2.45) is 0 Å². The van der Waals surface area contributed by atoms with Gasteiger partial charge in [0, 0.05) is 29.1 Å². The van der Waals surface area contributed by atoms with Crippen LogP contribution in [0.1, 0.15) is 27.9 Å². The summed E-state index contributed by atoms with van der Waals surface area (Å²) in [5, 5.41) is 3.39. The van der Waals surface area contributed by atoms with E-state index in [9.17, 15) is 9.59 Å². The van der Waals surface area contributed by atoms with Gasteiger partial charge in [0.15, 0.2) is 5.78 Å².